The predicted molar refractivity (Wildman–Crippen MR) is 141 cm³/mol. The van der Waals surface area contributed by atoms with Crippen molar-refractivity contribution >= 4 is 34.1 Å². The van der Waals surface area contributed by atoms with Crippen molar-refractivity contribution in [2.45, 2.75) is 13.5 Å². The number of rotatable bonds is 9. The number of carbonyl (C=O) groups excluding carboxylic acids is 1. The molecule has 0 atom stereocenters. The quantitative estimate of drug-likeness (QED) is 0.127. The van der Waals surface area contributed by atoms with E-state index in [0.717, 1.165) is 16.3 Å². The van der Waals surface area contributed by atoms with Gasteiger partial charge in [-0.2, -0.15) is 5.26 Å². The van der Waals surface area contributed by atoms with Crippen LogP contribution in [0.5, 0.6) is 11.5 Å². The first-order valence-corrected chi connectivity index (χ1v) is 11.5. The SMILES string of the molecule is CCOc1cc(/C=C(\C#N)C(=O)Nc2ccccc2[N+](=O)[O-])ccc1OCc1cccc2ccccc12. The number of nitriles is 1. The Morgan fingerprint density at radius 2 is 1.76 bits per heavy atom. The maximum atomic E-state index is 12.7. The highest BCUT2D eigenvalue weighted by atomic mass is 16.6. The van der Waals surface area contributed by atoms with Crippen LogP contribution in [-0.2, 0) is 11.4 Å². The molecule has 0 bridgehead atoms. The molecule has 0 unspecified atom stereocenters. The molecule has 4 aromatic carbocycles. The van der Waals surface area contributed by atoms with Gasteiger partial charge in [-0.3, -0.25) is 14.9 Å². The molecule has 1 N–H and O–H groups in total. The summed E-state index contributed by atoms with van der Waals surface area (Å²) in [6.45, 7) is 2.57. The van der Waals surface area contributed by atoms with Gasteiger partial charge in [-0.25, -0.2) is 0 Å². The summed E-state index contributed by atoms with van der Waals surface area (Å²) in [6.07, 6.45) is 1.39. The highest BCUT2D eigenvalue weighted by molar-refractivity contribution is 6.10. The summed E-state index contributed by atoms with van der Waals surface area (Å²) in [6, 6.07) is 26.8. The minimum absolute atomic E-state index is 0.00541. The molecule has 37 heavy (non-hydrogen) atoms. The van der Waals surface area contributed by atoms with Crippen molar-refractivity contribution in [3.05, 3.63) is 112 Å². The molecule has 0 spiro atoms. The molecule has 0 aliphatic heterocycles. The van der Waals surface area contributed by atoms with E-state index in [1.165, 1.54) is 24.3 Å². The van der Waals surface area contributed by atoms with E-state index in [2.05, 4.69) is 5.32 Å². The van der Waals surface area contributed by atoms with Gasteiger partial charge >= 0.3 is 0 Å². The van der Waals surface area contributed by atoms with Gasteiger partial charge in [0.05, 0.1) is 11.5 Å². The third-order valence-corrected chi connectivity index (χ3v) is 5.56. The molecule has 0 aliphatic carbocycles. The zero-order chi connectivity index (χ0) is 26.2. The van der Waals surface area contributed by atoms with E-state index >= 15 is 0 Å². The average Bonchev–Trinajstić information content (AvgIpc) is 2.91. The van der Waals surface area contributed by atoms with Crippen molar-refractivity contribution in [3.8, 4) is 17.6 Å². The molecule has 0 saturated carbocycles. The molecule has 0 saturated heterocycles. The van der Waals surface area contributed by atoms with E-state index in [4.69, 9.17) is 9.47 Å². The third-order valence-electron chi connectivity index (χ3n) is 5.56. The second kappa shape index (κ2) is 11.5. The van der Waals surface area contributed by atoms with Crippen molar-refractivity contribution < 1.29 is 19.2 Å². The minimum atomic E-state index is -0.758. The lowest BCUT2D eigenvalue weighted by Crippen LogP contribution is -2.14. The second-order valence-electron chi connectivity index (χ2n) is 7.96. The number of carbonyl (C=O) groups is 1. The number of nitro benzene ring substituents is 1. The molecule has 8 nitrogen and oxygen atoms in total. The smallest absolute Gasteiger partial charge is 0.292 e. The number of para-hydroxylation sites is 2. The number of amides is 1. The monoisotopic (exact) mass is 493 g/mol. The van der Waals surface area contributed by atoms with Gasteiger partial charge in [-0.1, -0.05) is 60.7 Å². The van der Waals surface area contributed by atoms with Gasteiger partial charge in [0.1, 0.15) is 23.9 Å². The number of hydrogen-bond donors (Lipinski definition) is 1. The number of anilines is 1. The van der Waals surface area contributed by atoms with E-state index in [1.807, 2.05) is 55.5 Å². The molecule has 0 heterocycles. The molecule has 8 heteroatoms. The number of fused-ring (bicyclic) bond motifs is 1. The minimum Gasteiger partial charge on any atom is -0.490 e. The highest BCUT2D eigenvalue weighted by Crippen LogP contribution is 2.31. The lowest BCUT2D eigenvalue weighted by atomic mass is 10.1. The van der Waals surface area contributed by atoms with Crippen molar-refractivity contribution in [2.75, 3.05) is 11.9 Å². The number of nitrogens with zero attached hydrogens (tertiary/aromatic N) is 2. The largest absolute Gasteiger partial charge is 0.490 e. The Hall–Kier alpha value is -5.16. The summed E-state index contributed by atoms with van der Waals surface area (Å²) in [5, 5.41) is 25.5. The second-order valence-corrected chi connectivity index (χ2v) is 7.96. The maximum Gasteiger partial charge on any atom is 0.292 e. The zero-order valence-electron chi connectivity index (χ0n) is 20.0. The fourth-order valence-electron chi connectivity index (χ4n) is 3.82. The number of nitrogens with one attached hydrogen (secondary N) is 1. The topological polar surface area (TPSA) is 114 Å². The van der Waals surface area contributed by atoms with Gasteiger partial charge in [0.15, 0.2) is 11.5 Å². The number of ether oxygens (including phenoxy) is 2. The van der Waals surface area contributed by atoms with Crippen LogP contribution in [0.1, 0.15) is 18.1 Å². The van der Waals surface area contributed by atoms with Crippen LogP contribution in [0.15, 0.2) is 90.5 Å². The van der Waals surface area contributed by atoms with Gasteiger partial charge < -0.3 is 14.8 Å². The van der Waals surface area contributed by atoms with Gasteiger partial charge in [-0.05, 0) is 53.1 Å². The maximum absolute atomic E-state index is 12.7. The van der Waals surface area contributed by atoms with Crippen molar-refractivity contribution in [1.82, 2.24) is 0 Å². The summed E-state index contributed by atoms with van der Waals surface area (Å²) >= 11 is 0. The van der Waals surface area contributed by atoms with Crippen LogP contribution in [0.25, 0.3) is 16.8 Å². The van der Waals surface area contributed by atoms with Crippen LogP contribution >= 0.6 is 0 Å². The average molecular weight is 494 g/mol. The lowest BCUT2D eigenvalue weighted by molar-refractivity contribution is -0.383. The molecule has 4 aromatic rings. The van der Waals surface area contributed by atoms with Crippen LogP contribution in [0.3, 0.4) is 0 Å². The van der Waals surface area contributed by atoms with Crippen LogP contribution in [-0.4, -0.2) is 17.4 Å². The molecule has 0 fully saturated rings. The Balaban J connectivity index is 1.55. The zero-order valence-corrected chi connectivity index (χ0v) is 20.0. The van der Waals surface area contributed by atoms with E-state index in [0.29, 0.717) is 30.3 Å². The summed E-state index contributed by atoms with van der Waals surface area (Å²) in [4.78, 5) is 23.3. The first-order valence-electron chi connectivity index (χ1n) is 11.5. The summed E-state index contributed by atoms with van der Waals surface area (Å²) in [5.41, 5.74) is 1.09. The normalized spacial score (nSPS) is 11.0. The first kappa shape index (κ1) is 24.9. The Labute approximate surface area is 213 Å². The van der Waals surface area contributed by atoms with Crippen molar-refractivity contribution in [1.29, 1.82) is 5.26 Å². The van der Waals surface area contributed by atoms with E-state index in [1.54, 1.807) is 24.3 Å². The Morgan fingerprint density at radius 3 is 2.54 bits per heavy atom. The molecule has 0 aliphatic rings. The molecular weight excluding hydrogens is 470 g/mol. The third kappa shape index (κ3) is 5.92. The predicted octanol–water partition coefficient (Wildman–Crippen LogP) is 6.27. The highest BCUT2D eigenvalue weighted by Gasteiger charge is 2.17. The summed E-state index contributed by atoms with van der Waals surface area (Å²) in [7, 11) is 0. The van der Waals surface area contributed by atoms with Gasteiger partial charge in [0.25, 0.3) is 11.6 Å². The van der Waals surface area contributed by atoms with Crippen molar-refractivity contribution in [3.63, 3.8) is 0 Å². The van der Waals surface area contributed by atoms with Crippen LogP contribution in [0, 0.1) is 21.4 Å². The van der Waals surface area contributed by atoms with Gasteiger partial charge in [0, 0.05) is 6.07 Å². The fourth-order valence-corrected chi connectivity index (χ4v) is 3.82. The summed E-state index contributed by atoms with van der Waals surface area (Å²) in [5.74, 6) is 0.230. The number of nitro groups is 1. The Bertz CT molecular complexity index is 1530. The van der Waals surface area contributed by atoms with Crippen LogP contribution in [0.2, 0.25) is 0 Å². The van der Waals surface area contributed by atoms with E-state index in [-0.39, 0.29) is 16.9 Å². The number of benzene rings is 4. The summed E-state index contributed by atoms with van der Waals surface area (Å²) < 4.78 is 11.8. The molecule has 0 radical (unpaired) electrons. The molecular formula is C29H23N3O5. The van der Waals surface area contributed by atoms with Gasteiger partial charge in [0.2, 0.25) is 0 Å². The fraction of sp³-hybridized carbons (Fsp3) is 0.103. The Kier molecular flexibility index (Phi) is 7.76. The molecule has 0 aromatic heterocycles. The van der Waals surface area contributed by atoms with E-state index in [9.17, 15) is 20.2 Å². The van der Waals surface area contributed by atoms with Gasteiger partial charge in [-0.15, -0.1) is 0 Å². The van der Waals surface area contributed by atoms with E-state index < -0.39 is 10.8 Å². The lowest BCUT2D eigenvalue weighted by Gasteiger charge is -2.14. The molecule has 184 valence electrons. The Morgan fingerprint density at radius 1 is 1.00 bits per heavy atom. The molecule has 1 amide bonds. The van der Waals surface area contributed by atoms with Crippen LogP contribution < -0.4 is 14.8 Å². The standard InChI is InChI=1S/C29H23N3O5/c1-2-36-28-17-20(16-23(18-30)29(33)31-25-12-5-6-13-26(25)32(34)35)14-15-27(28)37-19-22-10-7-9-21-8-3-4-11-24(21)22/h3-17H,2,19H2,1H3,(H,31,33)/b23-16+. The van der Waals surface area contributed by atoms with Crippen molar-refractivity contribution in [2.24, 2.45) is 0 Å². The molecule has 4 rings (SSSR count). The number of hydrogen-bond acceptors (Lipinski definition) is 6. The van der Waals surface area contributed by atoms with Crippen LogP contribution in [0.4, 0.5) is 11.4 Å². The first-order chi connectivity index (χ1) is 18.0.